The van der Waals surface area contributed by atoms with Crippen molar-refractivity contribution in [2.75, 3.05) is 18.0 Å². The van der Waals surface area contributed by atoms with E-state index in [0.717, 1.165) is 33.4 Å². The van der Waals surface area contributed by atoms with Crippen LogP contribution >= 0.6 is 0 Å². The van der Waals surface area contributed by atoms with Crippen molar-refractivity contribution in [1.29, 1.82) is 0 Å². The largest absolute Gasteiger partial charge is 0.358 e. The Balaban J connectivity index is 1.62. The first-order valence-electron chi connectivity index (χ1n) is 9.62. The van der Waals surface area contributed by atoms with Crippen LogP contribution in [0.5, 0.6) is 0 Å². The van der Waals surface area contributed by atoms with Crippen LogP contribution in [0.2, 0.25) is 0 Å². The van der Waals surface area contributed by atoms with E-state index in [1.165, 1.54) is 0 Å². The molecule has 28 heavy (non-hydrogen) atoms. The molecule has 5 nitrogen and oxygen atoms in total. The predicted molar refractivity (Wildman–Crippen MR) is 112 cm³/mol. The van der Waals surface area contributed by atoms with Crippen molar-refractivity contribution in [2.24, 2.45) is 0 Å². The molecule has 0 radical (unpaired) electrons. The fraction of sp³-hybridized carbons (Fsp3) is 0.304. The van der Waals surface area contributed by atoms with Gasteiger partial charge in [0.15, 0.2) is 0 Å². The Morgan fingerprint density at radius 2 is 1.79 bits per heavy atom. The van der Waals surface area contributed by atoms with Gasteiger partial charge in [0, 0.05) is 29.4 Å². The van der Waals surface area contributed by atoms with Gasteiger partial charge < -0.3 is 14.8 Å². The Morgan fingerprint density at radius 1 is 1.07 bits per heavy atom. The van der Waals surface area contributed by atoms with Crippen molar-refractivity contribution in [2.45, 2.75) is 33.7 Å². The van der Waals surface area contributed by atoms with Crippen molar-refractivity contribution < 1.29 is 9.59 Å². The smallest absolute Gasteiger partial charge is 0.256 e. The number of hydrogen-bond donors (Lipinski definition) is 1. The molecular weight excluding hydrogens is 350 g/mol. The summed E-state index contributed by atoms with van der Waals surface area (Å²) < 4.78 is 0. The van der Waals surface area contributed by atoms with Gasteiger partial charge in [-0.15, -0.1) is 0 Å². The summed E-state index contributed by atoms with van der Waals surface area (Å²) in [5.41, 5.74) is 5.72. The van der Waals surface area contributed by atoms with E-state index in [4.69, 9.17) is 0 Å². The van der Waals surface area contributed by atoms with E-state index >= 15 is 0 Å². The van der Waals surface area contributed by atoms with Gasteiger partial charge in [-0.05, 0) is 51.5 Å². The Hall–Kier alpha value is -3.08. The van der Waals surface area contributed by atoms with E-state index in [2.05, 4.69) is 11.9 Å². The number of piperazine rings is 1. The first-order chi connectivity index (χ1) is 13.4. The third-order valence-electron chi connectivity index (χ3n) is 5.77. The molecule has 2 heterocycles. The normalized spacial score (nSPS) is 17.4. The molecule has 1 fully saturated rings. The molecule has 1 aliphatic heterocycles. The summed E-state index contributed by atoms with van der Waals surface area (Å²) in [4.78, 5) is 32.9. The van der Waals surface area contributed by atoms with E-state index in [1.54, 1.807) is 9.80 Å². The Labute approximate surface area is 165 Å². The molecule has 0 bridgehead atoms. The average Bonchev–Trinajstić information content (AvgIpc) is 2.98. The van der Waals surface area contributed by atoms with Crippen LogP contribution in [0.25, 0.3) is 10.9 Å². The van der Waals surface area contributed by atoms with Crippen LogP contribution in [0, 0.1) is 20.8 Å². The van der Waals surface area contributed by atoms with Gasteiger partial charge in [-0.3, -0.25) is 9.59 Å². The lowest BCUT2D eigenvalue weighted by molar-refractivity contribution is -0.121. The number of amides is 2. The lowest BCUT2D eigenvalue weighted by atomic mass is 10.1. The van der Waals surface area contributed by atoms with E-state index in [0.29, 0.717) is 12.1 Å². The number of carbonyl (C=O) groups excluding carboxylic acids is 2. The third kappa shape index (κ3) is 2.97. The number of hydrogen-bond acceptors (Lipinski definition) is 2. The SMILES string of the molecule is Cc1ccc(N2C[C@@H](C)N(C(=O)c3cccc4c(C)c(C)[nH]c34)CC2=O)cc1. The number of anilines is 1. The Morgan fingerprint density at radius 3 is 2.50 bits per heavy atom. The van der Waals surface area contributed by atoms with Gasteiger partial charge in [-0.25, -0.2) is 0 Å². The maximum atomic E-state index is 13.3. The highest BCUT2D eigenvalue weighted by atomic mass is 16.2. The van der Waals surface area contributed by atoms with E-state index in [9.17, 15) is 9.59 Å². The zero-order valence-corrected chi connectivity index (χ0v) is 16.7. The number of fused-ring (bicyclic) bond motifs is 1. The number of aromatic amines is 1. The molecule has 1 saturated heterocycles. The minimum Gasteiger partial charge on any atom is -0.358 e. The number of nitrogens with one attached hydrogen (secondary N) is 1. The second-order valence-corrected chi connectivity index (χ2v) is 7.73. The summed E-state index contributed by atoms with van der Waals surface area (Å²) in [6.07, 6.45) is 0. The topological polar surface area (TPSA) is 56.4 Å². The van der Waals surface area contributed by atoms with Crippen molar-refractivity contribution >= 4 is 28.4 Å². The maximum absolute atomic E-state index is 13.3. The number of aromatic nitrogens is 1. The van der Waals surface area contributed by atoms with Crippen LogP contribution in [0.3, 0.4) is 0 Å². The highest BCUT2D eigenvalue weighted by molar-refractivity contribution is 6.09. The minimum absolute atomic E-state index is 0.0543. The molecular formula is C23H25N3O2. The van der Waals surface area contributed by atoms with Crippen LogP contribution in [-0.4, -0.2) is 40.8 Å². The van der Waals surface area contributed by atoms with Gasteiger partial charge >= 0.3 is 0 Å². The highest BCUT2D eigenvalue weighted by Gasteiger charge is 2.34. The van der Waals surface area contributed by atoms with Crippen LogP contribution in [-0.2, 0) is 4.79 Å². The summed E-state index contributed by atoms with van der Waals surface area (Å²) in [7, 11) is 0. The fourth-order valence-corrected chi connectivity index (χ4v) is 3.91. The molecule has 0 saturated carbocycles. The van der Waals surface area contributed by atoms with Crippen molar-refractivity contribution in [1.82, 2.24) is 9.88 Å². The zero-order valence-electron chi connectivity index (χ0n) is 16.7. The zero-order chi connectivity index (χ0) is 20.0. The van der Waals surface area contributed by atoms with Gasteiger partial charge in [-0.2, -0.15) is 0 Å². The second-order valence-electron chi connectivity index (χ2n) is 7.73. The molecule has 0 spiro atoms. The average molecular weight is 375 g/mol. The Bertz CT molecular complexity index is 1070. The molecule has 3 aromatic rings. The third-order valence-corrected chi connectivity index (χ3v) is 5.77. The molecule has 2 aromatic carbocycles. The number of nitrogens with zero attached hydrogens (tertiary/aromatic N) is 2. The molecule has 1 N–H and O–H groups in total. The fourth-order valence-electron chi connectivity index (χ4n) is 3.91. The van der Waals surface area contributed by atoms with Gasteiger partial charge in [0.25, 0.3) is 5.91 Å². The number of aryl methyl sites for hydroxylation is 3. The summed E-state index contributed by atoms with van der Waals surface area (Å²) in [5.74, 6) is -0.155. The van der Waals surface area contributed by atoms with Gasteiger partial charge in [0.1, 0.15) is 6.54 Å². The lowest BCUT2D eigenvalue weighted by Crippen LogP contribution is -2.57. The van der Waals surface area contributed by atoms with Crippen molar-refractivity contribution in [3.05, 3.63) is 64.8 Å². The summed E-state index contributed by atoms with van der Waals surface area (Å²) >= 11 is 0. The standard InChI is InChI=1S/C23H25N3O2/c1-14-8-10-18(11-9-14)26-12-15(2)25(13-21(26)27)23(28)20-7-5-6-19-16(3)17(4)24-22(19)20/h5-11,15,24H,12-13H2,1-4H3/t15-/m1/s1. The number of carbonyl (C=O) groups is 2. The van der Waals surface area contributed by atoms with Crippen molar-refractivity contribution in [3.8, 4) is 0 Å². The quantitative estimate of drug-likeness (QED) is 0.737. The maximum Gasteiger partial charge on any atom is 0.256 e. The number of H-pyrrole nitrogens is 1. The number of benzene rings is 2. The molecule has 0 unspecified atom stereocenters. The minimum atomic E-state index is -0.101. The molecule has 2 amide bonds. The van der Waals surface area contributed by atoms with Crippen LogP contribution in [0.4, 0.5) is 5.69 Å². The van der Waals surface area contributed by atoms with Crippen LogP contribution in [0.1, 0.15) is 34.1 Å². The van der Waals surface area contributed by atoms with Gasteiger partial charge in [0.2, 0.25) is 5.91 Å². The molecule has 144 valence electrons. The van der Waals surface area contributed by atoms with Crippen LogP contribution < -0.4 is 4.90 Å². The monoisotopic (exact) mass is 375 g/mol. The number of para-hydroxylation sites is 1. The Kier molecular flexibility index (Phi) is 4.46. The molecule has 4 rings (SSSR count). The van der Waals surface area contributed by atoms with E-state index < -0.39 is 0 Å². The second kappa shape index (κ2) is 6.82. The highest BCUT2D eigenvalue weighted by Crippen LogP contribution is 2.27. The molecule has 1 aliphatic rings. The molecule has 1 aromatic heterocycles. The lowest BCUT2D eigenvalue weighted by Gasteiger charge is -2.39. The summed E-state index contributed by atoms with van der Waals surface area (Å²) in [5, 5.41) is 1.06. The number of rotatable bonds is 2. The van der Waals surface area contributed by atoms with E-state index in [-0.39, 0.29) is 24.4 Å². The van der Waals surface area contributed by atoms with E-state index in [1.807, 2.05) is 63.2 Å². The summed E-state index contributed by atoms with van der Waals surface area (Å²) in [6, 6.07) is 13.6. The first kappa shape index (κ1) is 18.3. The summed E-state index contributed by atoms with van der Waals surface area (Å²) in [6.45, 7) is 8.66. The predicted octanol–water partition coefficient (Wildman–Crippen LogP) is 3.97. The molecule has 0 aliphatic carbocycles. The molecule has 1 atom stereocenters. The van der Waals surface area contributed by atoms with Gasteiger partial charge in [0.05, 0.1) is 11.1 Å². The van der Waals surface area contributed by atoms with Crippen molar-refractivity contribution in [3.63, 3.8) is 0 Å². The molecule has 5 heteroatoms. The first-order valence-corrected chi connectivity index (χ1v) is 9.62. The van der Waals surface area contributed by atoms with Crippen LogP contribution in [0.15, 0.2) is 42.5 Å². The van der Waals surface area contributed by atoms with Gasteiger partial charge in [-0.1, -0.05) is 29.8 Å².